The topological polar surface area (TPSA) is 114 Å². The summed E-state index contributed by atoms with van der Waals surface area (Å²) in [7, 11) is 0. The fourth-order valence-corrected chi connectivity index (χ4v) is 0.777. The number of nitrogens with zero attached hydrogens (tertiary/aromatic N) is 2. The van der Waals surface area contributed by atoms with E-state index >= 15 is 0 Å². The summed E-state index contributed by atoms with van der Waals surface area (Å²) in [6.45, 7) is 3.15. The standard InChI is InChI=1S/C7H11N5O2/c1-3(5(8)13)9-7(14)6-10-4(2)11-12-6/h3H,1-2H3,(H2,8,13)(H,9,14)(H,10,11,12). The normalized spacial score (nSPS) is 12.1. The molecule has 0 aromatic carbocycles. The maximum atomic E-state index is 11.3. The van der Waals surface area contributed by atoms with Crippen LogP contribution in [0.5, 0.6) is 0 Å². The van der Waals surface area contributed by atoms with E-state index in [1.807, 2.05) is 0 Å². The van der Waals surface area contributed by atoms with E-state index in [-0.39, 0.29) is 5.82 Å². The maximum Gasteiger partial charge on any atom is 0.291 e. The van der Waals surface area contributed by atoms with Crippen LogP contribution in [0.1, 0.15) is 23.4 Å². The molecule has 1 rings (SSSR count). The van der Waals surface area contributed by atoms with Gasteiger partial charge in [0.15, 0.2) is 0 Å². The summed E-state index contributed by atoms with van der Waals surface area (Å²) in [6, 6.07) is -0.735. The molecule has 4 N–H and O–H groups in total. The maximum absolute atomic E-state index is 11.3. The number of carbonyl (C=O) groups excluding carboxylic acids is 2. The number of aromatic nitrogens is 3. The van der Waals surface area contributed by atoms with Crippen LogP contribution in [0.25, 0.3) is 0 Å². The first-order chi connectivity index (χ1) is 6.50. The number of H-pyrrole nitrogens is 1. The van der Waals surface area contributed by atoms with Crippen LogP contribution >= 0.6 is 0 Å². The molecule has 1 aromatic heterocycles. The Balaban J connectivity index is 2.63. The molecule has 2 amide bonds. The molecule has 0 saturated carbocycles. The number of hydrogen-bond acceptors (Lipinski definition) is 4. The molecule has 14 heavy (non-hydrogen) atoms. The Labute approximate surface area is 80.1 Å². The van der Waals surface area contributed by atoms with Crippen LogP contribution in [0, 0.1) is 6.92 Å². The average molecular weight is 197 g/mol. The summed E-state index contributed by atoms with van der Waals surface area (Å²) in [5, 5.41) is 8.49. The van der Waals surface area contributed by atoms with Gasteiger partial charge < -0.3 is 11.1 Å². The highest BCUT2D eigenvalue weighted by Gasteiger charge is 2.16. The van der Waals surface area contributed by atoms with Crippen molar-refractivity contribution in [1.82, 2.24) is 20.5 Å². The van der Waals surface area contributed by atoms with Gasteiger partial charge in [0.25, 0.3) is 5.91 Å². The van der Waals surface area contributed by atoms with Gasteiger partial charge in [0, 0.05) is 0 Å². The van der Waals surface area contributed by atoms with Crippen LogP contribution in [0.2, 0.25) is 0 Å². The molecule has 1 unspecified atom stereocenters. The predicted molar refractivity (Wildman–Crippen MR) is 47.2 cm³/mol. The van der Waals surface area contributed by atoms with Crippen molar-refractivity contribution >= 4 is 11.8 Å². The van der Waals surface area contributed by atoms with Gasteiger partial charge in [-0.2, -0.15) is 0 Å². The minimum absolute atomic E-state index is 0.00407. The SMILES string of the molecule is Cc1nc(C(=O)NC(C)C(N)=O)n[nH]1. The van der Waals surface area contributed by atoms with Crippen molar-refractivity contribution in [3.8, 4) is 0 Å². The van der Waals surface area contributed by atoms with Crippen LogP contribution in [0.3, 0.4) is 0 Å². The van der Waals surface area contributed by atoms with Gasteiger partial charge in [0.1, 0.15) is 11.9 Å². The van der Waals surface area contributed by atoms with E-state index in [1.54, 1.807) is 6.92 Å². The van der Waals surface area contributed by atoms with Crippen molar-refractivity contribution in [1.29, 1.82) is 0 Å². The van der Waals surface area contributed by atoms with Crippen LogP contribution in [-0.4, -0.2) is 33.0 Å². The van der Waals surface area contributed by atoms with Gasteiger partial charge in [-0.3, -0.25) is 14.7 Å². The number of nitrogens with two attached hydrogens (primary N) is 1. The zero-order valence-electron chi connectivity index (χ0n) is 7.87. The van der Waals surface area contributed by atoms with Crippen molar-refractivity contribution in [3.05, 3.63) is 11.6 Å². The van der Waals surface area contributed by atoms with E-state index in [2.05, 4.69) is 20.5 Å². The number of carbonyl (C=O) groups is 2. The molecule has 0 fully saturated rings. The molecule has 0 spiro atoms. The zero-order valence-corrected chi connectivity index (χ0v) is 7.87. The lowest BCUT2D eigenvalue weighted by Gasteiger charge is -2.06. The van der Waals surface area contributed by atoms with Crippen LogP contribution in [0.4, 0.5) is 0 Å². The summed E-state index contributed by atoms with van der Waals surface area (Å²) >= 11 is 0. The van der Waals surface area contributed by atoms with E-state index in [1.165, 1.54) is 6.92 Å². The molecule has 0 aliphatic rings. The highest BCUT2D eigenvalue weighted by atomic mass is 16.2. The van der Waals surface area contributed by atoms with Crippen LogP contribution in [-0.2, 0) is 4.79 Å². The van der Waals surface area contributed by atoms with Crippen LogP contribution < -0.4 is 11.1 Å². The van der Waals surface area contributed by atoms with Gasteiger partial charge in [-0.15, -0.1) is 5.10 Å². The van der Waals surface area contributed by atoms with Crippen molar-refractivity contribution in [2.24, 2.45) is 5.73 Å². The first-order valence-corrected chi connectivity index (χ1v) is 4.00. The number of hydrogen-bond donors (Lipinski definition) is 3. The number of aryl methyl sites for hydroxylation is 1. The molecule has 0 aliphatic carbocycles. The van der Waals surface area contributed by atoms with Gasteiger partial charge in [-0.25, -0.2) is 4.98 Å². The number of nitrogens with one attached hydrogen (secondary N) is 2. The fraction of sp³-hybridized carbons (Fsp3) is 0.429. The number of aromatic amines is 1. The number of amides is 2. The van der Waals surface area contributed by atoms with E-state index in [0.717, 1.165) is 0 Å². The third-order valence-electron chi connectivity index (χ3n) is 1.57. The van der Waals surface area contributed by atoms with Crippen molar-refractivity contribution in [3.63, 3.8) is 0 Å². The molecule has 76 valence electrons. The Kier molecular flexibility index (Phi) is 2.80. The molecule has 7 heteroatoms. The molecule has 1 atom stereocenters. The lowest BCUT2D eigenvalue weighted by Crippen LogP contribution is -2.42. The smallest absolute Gasteiger partial charge is 0.291 e. The van der Waals surface area contributed by atoms with Crippen molar-refractivity contribution < 1.29 is 9.59 Å². The molecule has 0 aliphatic heterocycles. The largest absolute Gasteiger partial charge is 0.368 e. The monoisotopic (exact) mass is 197 g/mol. The van der Waals surface area contributed by atoms with Gasteiger partial charge in [0.2, 0.25) is 11.7 Å². The Morgan fingerprint density at radius 3 is 2.64 bits per heavy atom. The average Bonchev–Trinajstić information content (AvgIpc) is 2.51. The molecule has 0 saturated heterocycles. The summed E-state index contributed by atoms with van der Waals surface area (Å²) in [5.74, 6) is -0.608. The van der Waals surface area contributed by atoms with E-state index in [4.69, 9.17) is 5.73 Å². The molecule has 1 aromatic rings. The Hall–Kier alpha value is -1.92. The molecular weight excluding hydrogens is 186 g/mol. The zero-order chi connectivity index (χ0) is 10.7. The molecular formula is C7H11N5O2. The van der Waals surface area contributed by atoms with Gasteiger partial charge in [-0.05, 0) is 13.8 Å². The summed E-state index contributed by atoms with van der Waals surface area (Å²) < 4.78 is 0. The molecule has 0 radical (unpaired) electrons. The molecule has 7 nitrogen and oxygen atoms in total. The first-order valence-electron chi connectivity index (χ1n) is 4.00. The molecule has 1 heterocycles. The highest BCUT2D eigenvalue weighted by Crippen LogP contribution is 1.91. The quantitative estimate of drug-likeness (QED) is 0.559. The summed E-state index contributed by atoms with van der Waals surface area (Å²) in [6.07, 6.45) is 0. The summed E-state index contributed by atoms with van der Waals surface area (Å²) in [5.41, 5.74) is 4.97. The second-order valence-electron chi connectivity index (χ2n) is 2.84. The Morgan fingerprint density at radius 2 is 2.21 bits per heavy atom. The second kappa shape index (κ2) is 3.86. The first kappa shape index (κ1) is 10.2. The van der Waals surface area contributed by atoms with E-state index in [9.17, 15) is 9.59 Å². The van der Waals surface area contributed by atoms with Gasteiger partial charge >= 0.3 is 0 Å². The fourth-order valence-electron chi connectivity index (χ4n) is 0.777. The van der Waals surface area contributed by atoms with Gasteiger partial charge in [-0.1, -0.05) is 0 Å². The Morgan fingerprint density at radius 1 is 1.57 bits per heavy atom. The highest BCUT2D eigenvalue weighted by molar-refractivity contribution is 5.94. The lowest BCUT2D eigenvalue weighted by molar-refractivity contribution is -0.119. The molecule has 0 bridgehead atoms. The predicted octanol–water partition coefficient (Wildman–Crippen LogP) is -1.28. The van der Waals surface area contributed by atoms with E-state index in [0.29, 0.717) is 5.82 Å². The third-order valence-corrected chi connectivity index (χ3v) is 1.57. The van der Waals surface area contributed by atoms with Gasteiger partial charge in [0.05, 0.1) is 0 Å². The van der Waals surface area contributed by atoms with Crippen molar-refractivity contribution in [2.45, 2.75) is 19.9 Å². The van der Waals surface area contributed by atoms with Crippen molar-refractivity contribution in [2.75, 3.05) is 0 Å². The number of rotatable bonds is 3. The minimum Gasteiger partial charge on any atom is -0.368 e. The minimum atomic E-state index is -0.735. The van der Waals surface area contributed by atoms with E-state index < -0.39 is 17.9 Å². The lowest BCUT2D eigenvalue weighted by atomic mass is 10.3. The second-order valence-corrected chi connectivity index (χ2v) is 2.84. The third kappa shape index (κ3) is 2.28. The van der Waals surface area contributed by atoms with Crippen LogP contribution in [0.15, 0.2) is 0 Å². The Bertz CT molecular complexity index is 359. The summed E-state index contributed by atoms with van der Waals surface area (Å²) in [4.78, 5) is 25.7. The number of primary amides is 1.